The van der Waals surface area contributed by atoms with E-state index in [1.807, 2.05) is 18.2 Å². The quantitative estimate of drug-likeness (QED) is 0.259. The summed E-state index contributed by atoms with van der Waals surface area (Å²) in [5, 5.41) is 0. The second kappa shape index (κ2) is 7.23. The molecule has 0 spiro atoms. The minimum absolute atomic E-state index is 0.0932. The first kappa shape index (κ1) is 19.3. The molecule has 0 amide bonds. The maximum atomic E-state index is 6.85. The summed E-state index contributed by atoms with van der Waals surface area (Å²) in [4.78, 5) is 0.363. The first-order chi connectivity index (χ1) is 13.5. The van der Waals surface area contributed by atoms with Gasteiger partial charge in [-0.15, -0.1) is 0 Å². The molecule has 5 rings (SSSR count). The molecule has 28 heavy (non-hydrogen) atoms. The predicted octanol–water partition coefficient (Wildman–Crippen LogP) is 5.48. The van der Waals surface area contributed by atoms with E-state index in [4.69, 9.17) is 14.2 Å². The van der Waals surface area contributed by atoms with Crippen molar-refractivity contribution in [3.63, 3.8) is 0 Å². The van der Waals surface area contributed by atoms with E-state index in [0.717, 1.165) is 12.8 Å². The van der Waals surface area contributed by atoms with Gasteiger partial charge in [-0.3, -0.25) is 0 Å². The highest BCUT2D eigenvalue weighted by molar-refractivity contribution is 9.09. The summed E-state index contributed by atoms with van der Waals surface area (Å²) < 4.78 is 19.0. The Balaban J connectivity index is 1.27. The van der Waals surface area contributed by atoms with Crippen molar-refractivity contribution in [3.8, 4) is 0 Å². The second-order valence-corrected chi connectivity index (χ2v) is 10.7. The third-order valence-corrected chi connectivity index (χ3v) is 9.40. The molecule has 8 atom stereocenters. The first-order valence-corrected chi connectivity index (χ1v) is 11.7. The summed E-state index contributed by atoms with van der Waals surface area (Å²) in [6.07, 6.45) is 9.98. The number of fused-ring (bicyclic) bond motifs is 7. The molecule has 152 valence electrons. The van der Waals surface area contributed by atoms with Gasteiger partial charge in [-0.25, -0.2) is 0 Å². The van der Waals surface area contributed by atoms with E-state index in [0.29, 0.717) is 42.1 Å². The van der Waals surface area contributed by atoms with Gasteiger partial charge in [-0.1, -0.05) is 65.3 Å². The van der Waals surface area contributed by atoms with Gasteiger partial charge in [-0.05, 0) is 55.4 Å². The SMILES string of the molecule is C[C@]12CC[C@@H](OCOCc3ccccc3)[C@H]1C[C@H](Br)[C@]1(C)O[C@@H]2[C@@H]2CC=C[C@@H]21. The summed E-state index contributed by atoms with van der Waals surface area (Å²) in [5.41, 5.74) is 1.29. The highest BCUT2D eigenvalue weighted by Crippen LogP contribution is 2.64. The maximum absolute atomic E-state index is 6.85. The zero-order valence-corrected chi connectivity index (χ0v) is 18.4. The van der Waals surface area contributed by atoms with Crippen LogP contribution < -0.4 is 0 Å². The number of ether oxygens (including phenoxy) is 3. The Kier molecular flexibility index (Phi) is 4.98. The van der Waals surface area contributed by atoms with Crippen LogP contribution in [0.15, 0.2) is 42.5 Å². The van der Waals surface area contributed by atoms with Crippen molar-refractivity contribution >= 4 is 15.9 Å². The first-order valence-electron chi connectivity index (χ1n) is 10.7. The van der Waals surface area contributed by atoms with E-state index >= 15 is 0 Å². The van der Waals surface area contributed by atoms with Crippen molar-refractivity contribution in [2.75, 3.05) is 6.79 Å². The molecule has 2 bridgehead atoms. The van der Waals surface area contributed by atoms with E-state index in [1.165, 1.54) is 18.4 Å². The molecule has 0 unspecified atom stereocenters. The molecule has 2 aliphatic heterocycles. The number of rotatable bonds is 5. The minimum atomic E-state index is -0.0932. The molecule has 3 nitrogen and oxygen atoms in total. The number of benzene rings is 1. The van der Waals surface area contributed by atoms with Gasteiger partial charge < -0.3 is 14.2 Å². The van der Waals surface area contributed by atoms with Crippen molar-refractivity contribution < 1.29 is 14.2 Å². The lowest BCUT2D eigenvalue weighted by molar-refractivity contribution is -0.122. The molecule has 4 heteroatoms. The highest BCUT2D eigenvalue weighted by atomic mass is 79.9. The summed E-state index contributed by atoms with van der Waals surface area (Å²) in [7, 11) is 0. The maximum Gasteiger partial charge on any atom is 0.147 e. The third-order valence-electron chi connectivity index (χ3n) is 8.12. The van der Waals surface area contributed by atoms with Gasteiger partial charge >= 0.3 is 0 Å². The van der Waals surface area contributed by atoms with Crippen LogP contribution in [0, 0.1) is 23.2 Å². The van der Waals surface area contributed by atoms with Gasteiger partial charge in [0.05, 0.1) is 24.4 Å². The molecule has 1 aromatic carbocycles. The van der Waals surface area contributed by atoms with Crippen LogP contribution in [0.25, 0.3) is 0 Å². The van der Waals surface area contributed by atoms with Crippen molar-refractivity contribution in [2.45, 2.75) is 68.8 Å². The smallest absolute Gasteiger partial charge is 0.147 e. The molecule has 1 aromatic rings. The molecule has 0 aromatic heterocycles. The zero-order chi connectivity index (χ0) is 19.4. The lowest BCUT2D eigenvalue weighted by atomic mass is 9.64. The molecule has 2 saturated heterocycles. The lowest BCUT2D eigenvalue weighted by Crippen LogP contribution is -2.44. The summed E-state index contributed by atoms with van der Waals surface area (Å²) >= 11 is 4.04. The lowest BCUT2D eigenvalue weighted by Gasteiger charge is -2.41. The monoisotopic (exact) mass is 446 g/mol. The summed E-state index contributed by atoms with van der Waals surface area (Å²) in [6.45, 7) is 5.76. The molecule has 1 saturated carbocycles. The Morgan fingerprint density at radius 2 is 2.04 bits per heavy atom. The van der Waals surface area contributed by atoms with Gasteiger partial charge in [0, 0.05) is 10.7 Å². The second-order valence-electron chi connectivity index (χ2n) is 9.59. The highest BCUT2D eigenvalue weighted by Gasteiger charge is 2.66. The largest absolute Gasteiger partial charge is 0.369 e. The van der Waals surface area contributed by atoms with Crippen molar-refractivity contribution in [1.82, 2.24) is 0 Å². The van der Waals surface area contributed by atoms with Crippen LogP contribution in [0.2, 0.25) is 0 Å². The number of alkyl halides is 1. The van der Waals surface area contributed by atoms with Gasteiger partial charge in [0.25, 0.3) is 0 Å². The number of allylic oxidation sites excluding steroid dienone is 1. The Bertz CT molecular complexity index is 737. The number of hydrogen-bond donors (Lipinski definition) is 0. The molecule has 0 N–H and O–H groups in total. The van der Waals surface area contributed by atoms with Crippen molar-refractivity contribution in [1.29, 1.82) is 0 Å². The molecular formula is C24H31BrO3. The molecule has 4 aliphatic rings. The molecular weight excluding hydrogens is 416 g/mol. The van der Waals surface area contributed by atoms with Crippen molar-refractivity contribution in [3.05, 3.63) is 48.0 Å². The summed E-state index contributed by atoms with van der Waals surface area (Å²) in [6, 6.07) is 10.3. The Hall–Kier alpha value is -0.680. The molecule has 3 fully saturated rings. The van der Waals surface area contributed by atoms with Crippen LogP contribution in [0.4, 0.5) is 0 Å². The Morgan fingerprint density at radius 3 is 2.86 bits per heavy atom. The Morgan fingerprint density at radius 1 is 1.21 bits per heavy atom. The fourth-order valence-electron chi connectivity index (χ4n) is 6.51. The van der Waals surface area contributed by atoms with Crippen LogP contribution in [0.1, 0.15) is 45.1 Å². The topological polar surface area (TPSA) is 27.7 Å². The molecule has 2 heterocycles. The average molecular weight is 447 g/mol. The zero-order valence-electron chi connectivity index (χ0n) is 16.9. The van der Waals surface area contributed by atoms with Crippen LogP contribution in [0.5, 0.6) is 0 Å². The minimum Gasteiger partial charge on any atom is -0.369 e. The Labute approximate surface area is 176 Å². The van der Waals surface area contributed by atoms with Crippen LogP contribution in [0.3, 0.4) is 0 Å². The van der Waals surface area contributed by atoms with Gasteiger partial charge in [-0.2, -0.15) is 0 Å². The van der Waals surface area contributed by atoms with E-state index in [-0.39, 0.29) is 17.1 Å². The number of halogens is 1. The molecule has 2 aliphatic carbocycles. The average Bonchev–Trinajstić information content (AvgIpc) is 3.36. The van der Waals surface area contributed by atoms with Gasteiger partial charge in [0.2, 0.25) is 0 Å². The van der Waals surface area contributed by atoms with E-state index in [9.17, 15) is 0 Å². The van der Waals surface area contributed by atoms with Crippen LogP contribution in [-0.4, -0.2) is 29.4 Å². The normalized spacial score (nSPS) is 46.4. The third kappa shape index (κ3) is 2.94. The predicted molar refractivity (Wildman–Crippen MR) is 113 cm³/mol. The van der Waals surface area contributed by atoms with Gasteiger partial charge in [0.1, 0.15) is 6.79 Å². The fourth-order valence-corrected chi connectivity index (χ4v) is 7.33. The van der Waals surface area contributed by atoms with E-state index in [2.05, 4.69) is 54.1 Å². The van der Waals surface area contributed by atoms with Crippen molar-refractivity contribution in [2.24, 2.45) is 23.2 Å². The van der Waals surface area contributed by atoms with E-state index in [1.54, 1.807) is 0 Å². The fraction of sp³-hybridized carbons (Fsp3) is 0.667. The van der Waals surface area contributed by atoms with Crippen LogP contribution >= 0.6 is 15.9 Å². The van der Waals surface area contributed by atoms with Gasteiger partial charge in [0.15, 0.2) is 0 Å². The molecule has 0 radical (unpaired) electrons. The number of hydrogen-bond acceptors (Lipinski definition) is 3. The standard InChI is InChI=1S/C24H31BrO3/c1-23-12-11-20(27-15-26-14-16-7-4-3-5-8-16)19(23)13-21(25)24(2)18-10-6-9-17(18)22(23)28-24/h3-8,10,17-22H,9,11-15H2,1-2H3/t17-,18+,19-,20-,21+,22-,23+,24-/m1/s1. The summed E-state index contributed by atoms with van der Waals surface area (Å²) in [5.74, 6) is 1.70. The van der Waals surface area contributed by atoms with Crippen LogP contribution in [-0.2, 0) is 20.8 Å². The van der Waals surface area contributed by atoms with E-state index < -0.39 is 0 Å².